The van der Waals surface area contributed by atoms with Gasteiger partial charge in [-0.1, -0.05) is 15.9 Å². The van der Waals surface area contributed by atoms with Gasteiger partial charge >= 0.3 is 0 Å². The quantitative estimate of drug-likeness (QED) is 0.619. The predicted molar refractivity (Wildman–Crippen MR) is 71.6 cm³/mol. The molecule has 0 atom stereocenters. The highest BCUT2D eigenvalue weighted by molar-refractivity contribution is 9.10. The highest BCUT2D eigenvalue weighted by Gasteiger charge is 2.49. The molecule has 1 fully saturated rings. The monoisotopic (exact) mass is 307 g/mol. The fourth-order valence-electron chi connectivity index (χ4n) is 2.67. The highest BCUT2D eigenvalue weighted by Crippen LogP contribution is 2.55. The summed E-state index contributed by atoms with van der Waals surface area (Å²) in [7, 11) is 0. The van der Waals surface area contributed by atoms with Crippen molar-refractivity contribution in [2.45, 2.75) is 44.2 Å². The van der Waals surface area contributed by atoms with Gasteiger partial charge in [0.05, 0.1) is 0 Å². The van der Waals surface area contributed by atoms with E-state index in [1.807, 2.05) is 6.07 Å². The van der Waals surface area contributed by atoms with E-state index in [0.29, 0.717) is 0 Å². The van der Waals surface area contributed by atoms with E-state index in [0.717, 1.165) is 35.0 Å². The van der Waals surface area contributed by atoms with Gasteiger partial charge in [-0.3, -0.25) is 0 Å². The summed E-state index contributed by atoms with van der Waals surface area (Å²) in [6.45, 7) is 4.15. The first-order valence-corrected chi connectivity index (χ1v) is 6.86. The van der Waals surface area contributed by atoms with Crippen molar-refractivity contribution in [3.05, 3.63) is 27.7 Å². The summed E-state index contributed by atoms with van der Waals surface area (Å²) < 4.78 is 7.06. The number of hydrogen-bond acceptors (Lipinski definition) is 3. The lowest BCUT2D eigenvalue weighted by atomic mass is 9.97. The van der Waals surface area contributed by atoms with Gasteiger partial charge in [0.1, 0.15) is 16.9 Å². The molecular formula is C14H14BrNO2. The minimum atomic E-state index is -0.379. The third-order valence-electron chi connectivity index (χ3n) is 3.61. The Balaban J connectivity index is 2.15. The van der Waals surface area contributed by atoms with E-state index in [2.05, 4.69) is 40.8 Å². The van der Waals surface area contributed by atoms with Gasteiger partial charge in [-0.2, -0.15) is 4.99 Å². The van der Waals surface area contributed by atoms with Gasteiger partial charge < -0.3 is 4.74 Å². The average Bonchev–Trinajstić information content (AvgIpc) is 2.95. The zero-order valence-corrected chi connectivity index (χ0v) is 12.0. The second-order valence-corrected chi connectivity index (χ2v) is 6.63. The number of benzene rings is 1. The lowest BCUT2D eigenvalue weighted by Crippen LogP contribution is -2.25. The van der Waals surface area contributed by atoms with Crippen molar-refractivity contribution in [2.75, 3.05) is 0 Å². The minimum Gasteiger partial charge on any atom is -0.487 e. The molecular weight excluding hydrogens is 294 g/mol. The maximum atomic E-state index is 10.6. The van der Waals surface area contributed by atoms with Crippen molar-refractivity contribution in [3.63, 3.8) is 0 Å². The smallest absolute Gasteiger partial charge is 0.235 e. The number of rotatable bonds is 2. The Labute approximate surface area is 114 Å². The summed E-state index contributed by atoms with van der Waals surface area (Å²) in [5.74, 6) is 0.916. The molecule has 4 heteroatoms. The van der Waals surface area contributed by atoms with E-state index >= 15 is 0 Å². The molecule has 1 aromatic carbocycles. The van der Waals surface area contributed by atoms with Crippen molar-refractivity contribution in [1.82, 2.24) is 0 Å². The number of aliphatic imine (C=N–C) groups is 1. The van der Waals surface area contributed by atoms with Crippen LogP contribution in [0.4, 0.5) is 0 Å². The lowest BCUT2D eigenvalue weighted by molar-refractivity contribution is 0.136. The van der Waals surface area contributed by atoms with E-state index in [1.165, 1.54) is 5.56 Å². The van der Waals surface area contributed by atoms with E-state index < -0.39 is 0 Å². The van der Waals surface area contributed by atoms with Crippen molar-refractivity contribution in [2.24, 2.45) is 4.99 Å². The number of hydrogen-bond donors (Lipinski definition) is 0. The molecule has 0 radical (unpaired) electrons. The molecule has 1 aliphatic carbocycles. The topological polar surface area (TPSA) is 38.7 Å². The summed E-state index contributed by atoms with van der Waals surface area (Å²) >= 11 is 3.53. The van der Waals surface area contributed by atoms with Crippen molar-refractivity contribution in [1.29, 1.82) is 0 Å². The van der Waals surface area contributed by atoms with Gasteiger partial charge in [0.25, 0.3) is 0 Å². The number of halogens is 1. The maximum absolute atomic E-state index is 10.6. The number of fused-ring (bicyclic) bond motifs is 1. The second kappa shape index (κ2) is 3.69. The van der Waals surface area contributed by atoms with Crippen LogP contribution < -0.4 is 4.74 Å². The summed E-state index contributed by atoms with van der Waals surface area (Å²) in [6.07, 6.45) is 4.38. The highest BCUT2D eigenvalue weighted by atomic mass is 79.9. The largest absolute Gasteiger partial charge is 0.487 e. The van der Waals surface area contributed by atoms with Gasteiger partial charge in [-0.15, -0.1) is 0 Å². The molecule has 0 saturated heterocycles. The molecule has 0 aromatic heterocycles. The van der Waals surface area contributed by atoms with Gasteiger partial charge in [-0.25, -0.2) is 4.79 Å². The molecule has 0 unspecified atom stereocenters. The standard InChI is InChI=1S/C14H14BrNO2/c1-13(2)7-9-5-10(15)6-11(12(9)18-13)14(3-4-14)16-8-17/h5-6H,3-4,7H2,1-2H3. The third-order valence-corrected chi connectivity index (χ3v) is 4.07. The Hall–Kier alpha value is -1.12. The zero-order valence-electron chi connectivity index (χ0n) is 10.4. The Morgan fingerprint density at radius 3 is 2.72 bits per heavy atom. The van der Waals surface area contributed by atoms with Crippen LogP contribution in [0, 0.1) is 0 Å². The molecule has 0 amide bonds. The van der Waals surface area contributed by atoms with E-state index in [-0.39, 0.29) is 11.1 Å². The van der Waals surface area contributed by atoms with Crippen LogP contribution >= 0.6 is 15.9 Å². The molecule has 3 nitrogen and oxygen atoms in total. The number of nitrogens with zero attached hydrogens (tertiary/aromatic N) is 1. The molecule has 0 spiro atoms. The predicted octanol–water partition coefficient (Wildman–Crippen LogP) is 3.49. The Bertz CT molecular complexity index is 569. The first-order chi connectivity index (χ1) is 8.46. The Morgan fingerprint density at radius 1 is 1.39 bits per heavy atom. The summed E-state index contributed by atoms with van der Waals surface area (Å²) in [5.41, 5.74) is 1.66. The van der Waals surface area contributed by atoms with Crippen LogP contribution in [0.1, 0.15) is 37.8 Å². The number of ether oxygens (including phenoxy) is 1. The summed E-state index contributed by atoms with van der Waals surface area (Å²) in [4.78, 5) is 14.6. The molecule has 0 bridgehead atoms. The van der Waals surface area contributed by atoms with Gasteiger partial charge in [0.15, 0.2) is 0 Å². The summed E-state index contributed by atoms with van der Waals surface area (Å²) in [5, 5.41) is 0. The SMILES string of the molecule is CC1(C)Cc2cc(Br)cc(C3(N=C=O)CC3)c2O1. The van der Waals surface area contributed by atoms with E-state index in [4.69, 9.17) is 4.74 Å². The second-order valence-electron chi connectivity index (χ2n) is 5.71. The van der Waals surface area contributed by atoms with Crippen LogP contribution in [0.2, 0.25) is 0 Å². The molecule has 1 heterocycles. The Kier molecular flexibility index (Phi) is 2.45. The zero-order chi connectivity index (χ0) is 13.0. The van der Waals surface area contributed by atoms with Gasteiger partial charge in [0.2, 0.25) is 6.08 Å². The van der Waals surface area contributed by atoms with E-state index in [1.54, 1.807) is 6.08 Å². The Morgan fingerprint density at radius 2 is 2.11 bits per heavy atom. The number of carbonyl (C=O) groups excluding carboxylic acids is 1. The van der Waals surface area contributed by atoms with Crippen molar-refractivity contribution in [3.8, 4) is 5.75 Å². The van der Waals surface area contributed by atoms with Crippen LogP contribution in [0.3, 0.4) is 0 Å². The minimum absolute atomic E-state index is 0.182. The van der Waals surface area contributed by atoms with Crippen LogP contribution in [-0.2, 0) is 16.8 Å². The average molecular weight is 308 g/mol. The maximum Gasteiger partial charge on any atom is 0.235 e. The van der Waals surface area contributed by atoms with Crippen LogP contribution in [0.5, 0.6) is 5.75 Å². The number of isocyanates is 1. The molecule has 1 aliphatic heterocycles. The molecule has 94 valence electrons. The fourth-order valence-corrected chi connectivity index (χ4v) is 3.17. The first kappa shape index (κ1) is 11.9. The molecule has 3 rings (SSSR count). The molecule has 1 saturated carbocycles. The van der Waals surface area contributed by atoms with Crippen LogP contribution in [0.15, 0.2) is 21.6 Å². The van der Waals surface area contributed by atoms with Crippen molar-refractivity contribution >= 4 is 22.0 Å². The van der Waals surface area contributed by atoms with Gasteiger partial charge in [0, 0.05) is 16.5 Å². The third kappa shape index (κ3) is 1.80. The molecule has 2 aliphatic rings. The lowest BCUT2D eigenvalue weighted by Gasteiger charge is -2.19. The van der Waals surface area contributed by atoms with E-state index in [9.17, 15) is 4.79 Å². The van der Waals surface area contributed by atoms with Gasteiger partial charge in [-0.05, 0) is 44.4 Å². The van der Waals surface area contributed by atoms with Crippen LogP contribution in [0.25, 0.3) is 0 Å². The first-order valence-electron chi connectivity index (χ1n) is 6.07. The van der Waals surface area contributed by atoms with Crippen molar-refractivity contribution < 1.29 is 9.53 Å². The molecule has 18 heavy (non-hydrogen) atoms. The molecule has 0 N–H and O–H groups in total. The summed E-state index contributed by atoms with van der Waals surface area (Å²) in [6, 6.07) is 4.11. The normalized spacial score (nSPS) is 21.7. The molecule has 1 aromatic rings. The van der Waals surface area contributed by atoms with Crippen LogP contribution in [-0.4, -0.2) is 11.7 Å². The fraction of sp³-hybridized carbons (Fsp3) is 0.500.